The number of benzene rings is 2. The Kier molecular flexibility index (Phi) is 6.28. The van der Waals surface area contributed by atoms with Gasteiger partial charge in [-0.25, -0.2) is 0 Å². The highest BCUT2D eigenvalue weighted by atomic mass is 35.5. The van der Waals surface area contributed by atoms with Crippen LogP contribution in [0.5, 0.6) is 0 Å². The van der Waals surface area contributed by atoms with E-state index in [1.807, 2.05) is 12.1 Å². The molecule has 1 atom stereocenters. The molecule has 0 aromatic heterocycles. The molecule has 0 fully saturated rings. The largest absolute Gasteiger partial charge is 0.316 e. The highest BCUT2D eigenvalue weighted by Gasteiger charge is 2.12. The van der Waals surface area contributed by atoms with E-state index in [4.69, 9.17) is 11.6 Å². The molecule has 0 saturated heterocycles. The lowest BCUT2D eigenvalue weighted by atomic mass is 9.92. The predicted molar refractivity (Wildman–Crippen MR) is 92.0 cm³/mol. The van der Waals surface area contributed by atoms with Gasteiger partial charge < -0.3 is 5.32 Å². The van der Waals surface area contributed by atoms with Gasteiger partial charge in [0.1, 0.15) is 0 Å². The van der Waals surface area contributed by atoms with E-state index in [-0.39, 0.29) is 0 Å². The second-order valence-electron chi connectivity index (χ2n) is 5.99. The third kappa shape index (κ3) is 5.53. The van der Waals surface area contributed by atoms with E-state index in [0.717, 1.165) is 24.5 Å². The molecule has 0 spiro atoms. The summed E-state index contributed by atoms with van der Waals surface area (Å²) in [6.07, 6.45) is 1.05. The molecule has 0 amide bonds. The Hall–Kier alpha value is -1.31. The van der Waals surface area contributed by atoms with E-state index < -0.39 is 0 Å². The molecule has 21 heavy (non-hydrogen) atoms. The summed E-state index contributed by atoms with van der Waals surface area (Å²) in [6, 6.07) is 18.9. The van der Waals surface area contributed by atoms with Crippen LogP contribution in [0.3, 0.4) is 0 Å². The van der Waals surface area contributed by atoms with Gasteiger partial charge in [0.05, 0.1) is 0 Å². The van der Waals surface area contributed by atoms with Gasteiger partial charge in [0, 0.05) is 17.5 Å². The van der Waals surface area contributed by atoms with Crippen molar-refractivity contribution in [3.05, 3.63) is 70.7 Å². The minimum Gasteiger partial charge on any atom is -0.316 e. The van der Waals surface area contributed by atoms with Crippen LogP contribution in [0.15, 0.2) is 54.6 Å². The quantitative estimate of drug-likeness (QED) is 0.766. The fourth-order valence-corrected chi connectivity index (χ4v) is 2.61. The van der Waals surface area contributed by atoms with Crippen LogP contribution in [0, 0.1) is 5.92 Å². The molecular formula is C19H24ClN. The topological polar surface area (TPSA) is 12.0 Å². The fourth-order valence-electron chi connectivity index (χ4n) is 2.49. The molecule has 0 aliphatic heterocycles. The molecule has 2 rings (SSSR count). The summed E-state index contributed by atoms with van der Waals surface area (Å²) in [7, 11) is 0. The zero-order valence-corrected chi connectivity index (χ0v) is 13.6. The molecule has 0 bridgehead atoms. The number of hydrogen-bond donors (Lipinski definition) is 1. The lowest BCUT2D eigenvalue weighted by Crippen LogP contribution is -2.26. The van der Waals surface area contributed by atoms with Crippen molar-refractivity contribution in [3.8, 4) is 0 Å². The van der Waals surface area contributed by atoms with Gasteiger partial charge in [-0.3, -0.25) is 0 Å². The maximum Gasteiger partial charge on any atom is 0.0406 e. The number of nitrogens with one attached hydrogen (secondary N) is 1. The van der Waals surface area contributed by atoms with Gasteiger partial charge in [-0.15, -0.1) is 0 Å². The molecule has 112 valence electrons. The first kappa shape index (κ1) is 16.1. The Bertz CT molecular complexity index is 519. The second-order valence-corrected chi connectivity index (χ2v) is 6.43. The number of halogens is 1. The first-order chi connectivity index (χ1) is 10.1. The average molecular weight is 302 g/mol. The van der Waals surface area contributed by atoms with Crippen LogP contribution in [0.25, 0.3) is 0 Å². The Balaban J connectivity index is 2.08. The van der Waals surface area contributed by atoms with Crippen molar-refractivity contribution in [2.24, 2.45) is 5.92 Å². The summed E-state index contributed by atoms with van der Waals surface area (Å²) in [5.74, 6) is 1.15. The van der Waals surface area contributed by atoms with Crippen molar-refractivity contribution >= 4 is 11.6 Å². The Morgan fingerprint density at radius 1 is 0.905 bits per heavy atom. The maximum atomic E-state index is 6.01. The second kappa shape index (κ2) is 8.21. The van der Waals surface area contributed by atoms with Crippen molar-refractivity contribution in [1.29, 1.82) is 0 Å². The molecule has 1 N–H and O–H groups in total. The van der Waals surface area contributed by atoms with E-state index >= 15 is 0 Å². The zero-order chi connectivity index (χ0) is 15.1. The van der Waals surface area contributed by atoms with Gasteiger partial charge >= 0.3 is 0 Å². The third-order valence-corrected chi connectivity index (χ3v) is 3.86. The highest BCUT2D eigenvalue weighted by molar-refractivity contribution is 6.30. The lowest BCUT2D eigenvalue weighted by molar-refractivity contribution is 0.514. The molecule has 2 aromatic rings. The fraction of sp³-hybridized carbons (Fsp3) is 0.368. The van der Waals surface area contributed by atoms with E-state index in [1.165, 1.54) is 11.1 Å². The predicted octanol–water partition coefficient (Wildman–Crippen LogP) is 4.91. The summed E-state index contributed by atoms with van der Waals surface area (Å²) in [5, 5.41) is 4.38. The standard InChI is InChI=1S/C19H24ClN/c1-15(2)13-21-14-18(12-16-6-4-3-5-7-16)17-8-10-19(20)11-9-17/h3-11,15,18,21H,12-14H2,1-2H3. The van der Waals surface area contributed by atoms with Gasteiger partial charge in [-0.05, 0) is 42.1 Å². The van der Waals surface area contributed by atoms with Crippen LogP contribution in [-0.4, -0.2) is 13.1 Å². The Morgan fingerprint density at radius 2 is 1.57 bits per heavy atom. The van der Waals surface area contributed by atoms with Crippen LogP contribution in [-0.2, 0) is 6.42 Å². The minimum absolute atomic E-state index is 0.475. The van der Waals surface area contributed by atoms with E-state index in [2.05, 4.69) is 61.6 Å². The Morgan fingerprint density at radius 3 is 2.19 bits per heavy atom. The lowest BCUT2D eigenvalue weighted by Gasteiger charge is -2.19. The van der Waals surface area contributed by atoms with Crippen molar-refractivity contribution in [2.75, 3.05) is 13.1 Å². The normalized spacial score (nSPS) is 12.6. The summed E-state index contributed by atoms with van der Waals surface area (Å²) < 4.78 is 0. The van der Waals surface area contributed by atoms with E-state index in [1.54, 1.807) is 0 Å². The molecule has 0 radical (unpaired) electrons. The van der Waals surface area contributed by atoms with Gasteiger partial charge in [0.25, 0.3) is 0 Å². The van der Waals surface area contributed by atoms with Crippen molar-refractivity contribution in [1.82, 2.24) is 5.32 Å². The molecule has 2 heteroatoms. The van der Waals surface area contributed by atoms with Crippen LogP contribution in [0.4, 0.5) is 0 Å². The van der Waals surface area contributed by atoms with Crippen LogP contribution < -0.4 is 5.32 Å². The summed E-state index contributed by atoms with van der Waals surface area (Å²) in [4.78, 5) is 0. The van der Waals surface area contributed by atoms with Crippen molar-refractivity contribution in [3.63, 3.8) is 0 Å². The van der Waals surface area contributed by atoms with Gasteiger partial charge in [-0.2, -0.15) is 0 Å². The molecule has 0 saturated carbocycles. The van der Waals surface area contributed by atoms with Crippen molar-refractivity contribution < 1.29 is 0 Å². The smallest absolute Gasteiger partial charge is 0.0406 e. The van der Waals surface area contributed by atoms with Gasteiger partial charge in [-0.1, -0.05) is 67.9 Å². The monoisotopic (exact) mass is 301 g/mol. The maximum absolute atomic E-state index is 6.01. The molecule has 1 unspecified atom stereocenters. The molecule has 0 aliphatic carbocycles. The first-order valence-electron chi connectivity index (χ1n) is 7.65. The number of rotatable bonds is 7. The Labute approximate surface area is 133 Å². The summed E-state index contributed by atoms with van der Waals surface area (Å²) >= 11 is 6.01. The number of hydrogen-bond acceptors (Lipinski definition) is 1. The highest BCUT2D eigenvalue weighted by Crippen LogP contribution is 2.22. The SMILES string of the molecule is CC(C)CNCC(Cc1ccccc1)c1ccc(Cl)cc1. The molecule has 0 heterocycles. The van der Waals surface area contributed by atoms with Crippen LogP contribution in [0.1, 0.15) is 30.9 Å². The summed E-state index contributed by atoms with van der Waals surface area (Å²) in [5.41, 5.74) is 2.73. The minimum atomic E-state index is 0.475. The molecule has 0 aliphatic rings. The van der Waals surface area contributed by atoms with E-state index in [9.17, 15) is 0 Å². The zero-order valence-electron chi connectivity index (χ0n) is 12.9. The molecule has 2 aromatic carbocycles. The molecular weight excluding hydrogens is 278 g/mol. The third-order valence-electron chi connectivity index (χ3n) is 3.61. The van der Waals surface area contributed by atoms with Gasteiger partial charge in [0.15, 0.2) is 0 Å². The first-order valence-corrected chi connectivity index (χ1v) is 8.03. The van der Waals surface area contributed by atoms with Crippen LogP contribution >= 0.6 is 11.6 Å². The van der Waals surface area contributed by atoms with Gasteiger partial charge in [0.2, 0.25) is 0 Å². The van der Waals surface area contributed by atoms with Crippen molar-refractivity contribution in [2.45, 2.75) is 26.2 Å². The van der Waals surface area contributed by atoms with Crippen LogP contribution in [0.2, 0.25) is 5.02 Å². The average Bonchev–Trinajstić information content (AvgIpc) is 2.48. The summed E-state index contributed by atoms with van der Waals surface area (Å²) in [6.45, 7) is 6.52. The van der Waals surface area contributed by atoms with E-state index in [0.29, 0.717) is 11.8 Å². The molecule has 1 nitrogen and oxygen atoms in total.